The molecule has 128 valence electrons. The number of benzene rings is 2. The van der Waals surface area contributed by atoms with Crippen molar-refractivity contribution in [2.24, 2.45) is 0 Å². The summed E-state index contributed by atoms with van der Waals surface area (Å²) < 4.78 is 4.95. The highest BCUT2D eigenvalue weighted by atomic mass is 16.6. The fraction of sp³-hybridized carbons (Fsp3) is 0.0667. The molecule has 10 heteroatoms. The summed E-state index contributed by atoms with van der Waals surface area (Å²) >= 11 is 0. The van der Waals surface area contributed by atoms with Crippen molar-refractivity contribution in [1.29, 1.82) is 0 Å². The van der Waals surface area contributed by atoms with Crippen molar-refractivity contribution in [3.63, 3.8) is 0 Å². The number of carbonyl (C=O) groups is 2. The largest absolute Gasteiger partial charge is 0.425 e. The molecule has 0 aromatic heterocycles. The van der Waals surface area contributed by atoms with E-state index in [4.69, 9.17) is 4.74 Å². The van der Waals surface area contributed by atoms with Gasteiger partial charge in [-0.1, -0.05) is 18.2 Å². The zero-order chi connectivity index (χ0) is 18.4. The number of nitro benzene ring substituents is 2. The minimum atomic E-state index is -0.878. The molecule has 0 saturated heterocycles. The maximum atomic E-state index is 12.0. The van der Waals surface area contributed by atoms with E-state index in [2.05, 4.69) is 5.32 Å². The highest BCUT2D eigenvalue weighted by molar-refractivity contribution is 5.97. The fourth-order valence-electron chi connectivity index (χ4n) is 1.85. The van der Waals surface area contributed by atoms with E-state index in [0.717, 1.165) is 18.2 Å². The van der Waals surface area contributed by atoms with E-state index in [0.29, 0.717) is 0 Å². The molecular formula is C15H11N3O7. The van der Waals surface area contributed by atoms with E-state index >= 15 is 0 Å². The Morgan fingerprint density at radius 1 is 0.960 bits per heavy atom. The summed E-state index contributed by atoms with van der Waals surface area (Å²) in [5, 5.41) is 23.8. The highest BCUT2D eigenvalue weighted by Gasteiger charge is 2.20. The van der Waals surface area contributed by atoms with Gasteiger partial charge in [-0.25, -0.2) is 4.79 Å². The number of ether oxygens (including phenoxy) is 1. The lowest BCUT2D eigenvalue weighted by Gasteiger charge is -2.06. The number of nitrogens with one attached hydrogen (secondary N) is 1. The van der Waals surface area contributed by atoms with E-state index in [-0.39, 0.29) is 11.3 Å². The van der Waals surface area contributed by atoms with Gasteiger partial charge in [0, 0.05) is 12.1 Å². The molecule has 0 aliphatic rings. The Labute approximate surface area is 140 Å². The number of amides is 1. The third-order valence-corrected chi connectivity index (χ3v) is 2.95. The lowest BCUT2D eigenvalue weighted by molar-refractivity contribution is -0.394. The molecule has 0 aliphatic carbocycles. The normalized spacial score (nSPS) is 9.92. The van der Waals surface area contributed by atoms with Gasteiger partial charge in [-0.05, 0) is 12.1 Å². The Balaban J connectivity index is 2.06. The van der Waals surface area contributed by atoms with Gasteiger partial charge in [-0.15, -0.1) is 0 Å². The molecule has 1 amide bonds. The Kier molecular flexibility index (Phi) is 5.36. The summed E-state index contributed by atoms with van der Waals surface area (Å²) in [6.07, 6.45) is 0. The van der Waals surface area contributed by atoms with E-state index < -0.39 is 39.6 Å². The van der Waals surface area contributed by atoms with Gasteiger partial charge in [-0.2, -0.15) is 0 Å². The number of hydrogen-bond acceptors (Lipinski definition) is 7. The molecule has 0 radical (unpaired) electrons. The molecule has 2 rings (SSSR count). The number of para-hydroxylation sites is 1. The van der Waals surface area contributed by atoms with Gasteiger partial charge in [0.15, 0.2) is 0 Å². The van der Waals surface area contributed by atoms with Crippen LogP contribution in [0.25, 0.3) is 0 Å². The minimum Gasteiger partial charge on any atom is -0.425 e. The summed E-state index contributed by atoms with van der Waals surface area (Å²) in [5.74, 6) is -1.36. The van der Waals surface area contributed by atoms with E-state index in [1.54, 1.807) is 30.3 Å². The number of rotatable bonds is 6. The van der Waals surface area contributed by atoms with E-state index in [1.807, 2.05) is 0 Å². The molecule has 2 aromatic carbocycles. The number of nitro groups is 2. The molecule has 1 N–H and O–H groups in total. The van der Waals surface area contributed by atoms with E-state index in [9.17, 15) is 29.8 Å². The van der Waals surface area contributed by atoms with Crippen LogP contribution in [0, 0.1) is 20.2 Å². The van der Waals surface area contributed by atoms with Gasteiger partial charge in [0.1, 0.15) is 12.3 Å². The van der Waals surface area contributed by atoms with Crippen LogP contribution < -0.4 is 10.1 Å². The molecule has 0 heterocycles. The van der Waals surface area contributed by atoms with Crippen molar-refractivity contribution in [2.45, 2.75) is 0 Å². The first kappa shape index (κ1) is 17.5. The molecule has 0 atom stereocenters. The fourth-order valence-corrected chi connectivity index (χ4v) is 1.85. The lowest BCUT2D eigenvalue weighted by atomic mass is 10.1. The summed E-state index contributed by atoms with van der Waals surface area (Å²) in [6, 6.07) is 10.6. The SMILES string of the molecule is O=C(CNC(=O)c1cc([N+](=O)[O-])cc([N+](=O)[O-])c1)Oc1ccccc1. The maximum absolute atomic E-state index is 12.0. The zero-order valence-electron chi connectivity index (χ0n) is 12.6. The molecular weight excluding hydrogens is 334 g/mol. The average Bonchev–Trinajstić information content (AvgIpc) is 2.60. The molecule has 2 aromatic rings. The van der Waals surface area contributed by atoms with Crippen LogP contribution in [0.15, 0.2) is 48.5 Å². The molecule has 0 aliphatic heterocycles. The third kappa shape index (κ3) is 4.82. The first-order valence-corrected chi connectivity index (χ1v) is 6.84. The van der Waals surface area contributed by atoms with Crippen LogP contribution in [0.1, 0.15) is 10.4 Å². The zero-order valence-corrected chi connectivity index (χ0v) is 12.6. The van der Waals surface area contributed by atoms with Crippen LogP contribution >= 0.6 is 0 Å². The minimum absolute atomic E-state index is 0.285. The predicted octanol–water partition coefficient (Wildman–Crippen LogP) is 1.84. The van der Waals surface area contributed by atoms with Gasteiger partial charge >= 0.3 is 5.97 Å². The van der Waals surface area contributed by atoms with Gasteiger partial charge in [0.25, 0.3) is 17.3 Å². The summed E-state index contributed by atoms with van der Waals surface area (Å²) in [4.78, 5) is 43.5. The van der Waals surface area contributed by atoms with Gasteiger partial charge < -0.3 is 10.1 Å². The summed E-state index contributed by atoms with van der Waals surface area (Å²) in [5.41, 5.74) is -1.52. The van der Waals surface area contributed by atoms with Crippen LogP contribution in [0.4, 0.5) is 11.4 Å². The molecule has 0 bridgehead atoms. The molecule has 0 spiro atoms. The molecule has 25 heavy (non-hydrogen) atoms. The van der Waals surface area contributed by atoms with Crippen molar-refractivity contribution >= 4 is 23.3 Å². The van der Waals surface area contributed by atoms with Crippen LogP contribution in [-0.2, 0) is 4.79 Å². The smallest absolute Gasteiger partial charge is 0.330 e. The van der Waals surface area contributed by atoms with Gasteiger partial charge in [-0.3, -0.25) is 25.0 Å². The van der Waals surface area contributed by atoms with Crippen LogP contribution in [-0.4, -0.2) is 28.3 Å². The van der Waals surface area contributed by atoms with Gasteiger partial charge in [0.2, 0.25) is 0 Å². The standard InChI is InChI=1S/C15H11N3O7/c19-14(25-13-4-2-1-3-5-13)9-16-15(20)10-6-11(17(21)22)8-12(7-10)18(23)24/h1-8H,9H2,(H,16,20). The molecule has 0 saturated carbocycles. The molecule has 0 unspecified atom stereocenters. The van der Waals surface area contributed by atoms with Crippen molar-refractivity contribution in [2.75, 3.05) is 6.54 Å². The number of esters is 1. The quantitative estimate of drug-likeness (QED) is 0.364. The second-order valence-electron chi connectivity index (χ2n) is 4.72. The van der Waals surface area contributed by atoms with Crippen molar-refractivity contribution < 1.29 is 24.2 Å². The maximum Gasteiger partial charge on any atom is 0.330 e. The number of carbonyl (C=O) groups excluding carboxylic acids is 2. The molecule has 10 nitrogen and oxygen atoms in total. The van der Waals surface area contributed by atoms with Gasteiger partial charge in [0.05, 0.1) is 21.5 Å². The third-order valence-electron chi connectivity index (χ3n) is 2.95. The number of non-ortho nitro benzene ring substituents is 2. The second-order valence-corrected chi connectivity index (χ2v) is 4.72. The molecule has 0 fully saturated rings. The van der Waals surface area contributed by atoms with Crippen molar-refractivity contribution in [3.8, 4) is 5.75 Å². The Morgan fingerprint density at radius 3 is 2.04 bits per heavy atom. The van der Waals surface area contributed by atoms with Crippen LogP contribution in [0.3, 0.4) is 0 Å². The topological polar surface area (TPSA) is 142 Å². The highest BCUT2D eigenvalue weighted by Crippen LogP contribution is 2.22. The monoisotopic (exact) mass is 345 g/mol. The number of nitrogens with zero attached hydrogens (tertiary/aromatic N) is 2. The number of hydrogen-bond donors (Lipinski definition) is 1. The van der Waals surface area contributed by atoms with Crippen LogP contribution in [0.5, 0.6) is 5.75 Å². The van der Waals surface area contributed by atoms with E-state index in [1.165, 1.54) is 0 Å². The summed E-state index contributed by atoms with van der Waals surface area (Å²) in [7, 11) is 0. The van der Waals surface area contributed by atoms with Crippen LogP contribution in [0.2, 0.25) is 0 Å². The Bertz CT molecular complexity index is 804. The second kappa shape index (κ2) is 7.64. The lowest BCUT2D eigenvalue weighted by Crippen LogP contribution is -2.31. The summed E-state index contributed by atoms with van der Waals surface area (Å²) in [6.45, 7) is -0.510. The first-order valence-electron chi connectivity index (χ1n) is 6.84. The Hall–Kier alpha value is -3.82. The Morgan fingerprint density at radius 2 is 1.52 bits per heavy atom. The first-order chi connectivity index (χ1) is 11.9. The van der Waals surface area contributed by atoms with Crippen molar-refractivity contribution in [1.82, 2.24) is 5.32 Å². The van der Waals surface area contributed by atoms with Crippen molar-refractivity contribution in [3.05, 3.63) is 74.3 Å². The average molecular weight is 345 g/mol. The predicted molar refractivity (Wildman–Crippen MR) is 84.2 cm³/mol.